The molecule has 0 radical (unpaired) electrons. The van der Waals surface area contributed by atoms with Gasteiger partial charge in [0.15, 0.2) is 10.5 Å². The smallest absolute Gasteiger partial charge is 0.410 e. The monoisotopic (exact) mass is 371 g/mol. The van der Waals surface area contributed by atoms with Crippen LogP contribution in [0.15, 0.2) is 17.1 Å². The van der Waals surface area contributed by atoms with E-state index in [0.717, 1.165) is 12.8 Å². The molecule has 7 heteroatoms. The maximum atomic E-state index is 12.0. The number of aromatic nitrogens is 2. The number of carbonyl (C=O) groups is 1. The van der Waals surface area contributed by atoms with E-state index in [9.17, 15) is 4.79 Å². The Morgan fingerprint density at radius 1 is 1.32 bits per heavy atom. The zero-order valence-corrected chi connectivity index (χ0v) is 14.8. The first-order valence-electron chi connectivity index (χ1n) is 7.42. The van der Waals surface area contributed by atoms with E-state index in [4.69, 9.17) is 9.47 Å². The molecule has 1 saturated heterocycles. The molecule has 1 fully saturated rings. The van der Waals surface area contributed by atoms with Gasteiger partial charge in [0, 0.05) is 13.1 Å². The molecule has 2 heterocycles. The van der Waals surface area contributed by atoms with Crippen LogP contribution in [-0.4, -0.2) is 46.3 Å². The zero-order valence-electron chi connectivity index (χ0n) is 13.2. The first kappa shape index (κ1) is 17.0. The van der Waals surface area contributed by atoms with Gasteiger partial charge in [0.25, 0.3) is 0 Å². The van der Waals surface area contributed by atoms with Gasteiger partial charge in [0.2, 0.25) is 0 Å². The predicted octanol–water partition coefficient (Wildman–Crippen LogP) is 3.27. The molecule has 1 aliphatic heterocycles. The maximum Gasteiger partial charge on any atom is 0.410 e. The Bertz CT molecular complexity index is 494. The number of ether oxygens (including phenoxy) is 2. The van der Waals surface area contributed by atoms with Gasteiger partial charge < -0.3 is 14.4 Å². The van der Waals surface area contributed by atoms with Crippen molar-refractivity contribution in [2.24, 2.45) is 5.92 Å². The van der Waals surface area contributed by atoms with Crippen LogP contribution in [0, 0.1) is 5.92 Å². The van der Waals surface area contributed by atoms with E-state index in [1.807, 2.05) is 20.8 Å². The lowest BCUT2D eigenvalue weighted by Crippen LogP contribution is -2.42. The summed E-state index contributed by atoms with van der Waals surface area (Å²) in [5.74, 6) is 1.10. The van der Waals surface area contributed by atoms with Gasteiger partial charge in [-0.1, -0.05) is 0 Å². The molecule has 0 unspecified atom stereocenters. The molecule has 0 aliphatic carbocycles. The normalized spacial score (nSPS) is 16.5. The lowest BCUT2D eigenvalue weighted by Gasteiger charge is -2.33. The fourth-order valence-electron chi connectivity index (χ4n) is 2.20. The largest absolute Gasteiger partial charge is 0.490 e. The Morgan fingerprint density at radius 3 is 2.45 bits per heavy atom. The quantitative estimate of drug-likeness (QED) is 0.762. The van der Waals surface area contributed by atoms with Crippen LogP contribution in [0.3, 0.4) is 0 Å². The van der Waals surface area contributed by atoms with Crippen molar-refractivity contribution in [3.8, 4) is 5.75 Å². The minimum atomic E-state index is -0.446. The van der Waals surface area contributed by atoms with E-state index in [1.54, 1.807) is 17.3 Å². The van der Waals surface area contributed by atoms with Gasteiger partial charge in [-0.05, 0) is 55.5 Å². The number of hydrogen-bond donors (Lipinski definition) is 0. The molecular weight excluding hydrogens is 350 g/mol. The molecule has 1 aliphatic rings. The van der Waals surface area contributed by atoms with E-state index in [0.29, 0.717) is 36.1 Å². The van der Waals surface area contributed by atoms with Crippen LogP contribution in [0.4, 0.5) is 4.79 Å². The Kier molecular flexibility index (Phi) is 5.61. The molecule has 122 valence electrons. The third-order valence-corrected chi connectivity index (χ3v) is 3.76. The van der Waals surface area contributed by atoms with Gasteiger partial charge in [-0.3, -0.25) is 0 Å². The van der Waals surface area contributed by atoms with Crippen molar-refractivity contribution in [3.05, 3.63) is 17.1 Å². The molecule has 22 heavy (non-hydrogen) atoms. The minimum absolute atomic E-state index is 0.229. The van der Waals surface area contributed by atoms with Crippen molar-refractivity contribution in [2.45, 2.75) is 39.2 Å². The lowest BCUT2D eigenvalue weighted by atomic mass is 9.98. The fourth-order valence-corrected chi connectivity index (χ4v) is 2.40. The van der Waals surface area contributed by atoms with E-state index < -0.39 is 5.60 Å². The molecule has 0 N–H and O–H groups in total. The van der Waals surface area contributed by atoms with E-state index in [-0.39, 0.29) is 6.09 Å². The number of halogens is 1. The number of hydrogen-bond acceptors (Lipinski definition) is 5. The first-order valence-corrected chi connectivity index (χ1v) is 8.21. The molecule has 6 nitrogen and oxygen atoms in total. The molecule has 0 atom stereocenters. The number of rotatable bonds is 3. The summed E-state index contributed by atoms with van der Waals surface area (Å²) in [5, 5.41) is 0. The summed E-state index contributed by atoms with van der Waals surface area (Å²) >= 11 is 3.19. The molecule has 2 rings (SSSR count). The number of nitrogens with zero attached hydrogens (tertiary/aromatic N) is 3. The molecular formula is C15H22BrN3O3. The van der Waals surface area contributed by atoms with Crippen LogP contribution in [0.5, 0.6) is 5.75 Å². The van der Waals surface area contributed by atoms with Gasteiger partial charge >= 0.3 is 6.09 Å². The molecule has 0 bridgehead atoms. The van der Waals surface area contributed by atoms with Gasteiger partial charge in [0.1, 0.15) is 5.60 Å². The molecule has 0 aromatic carbocycles. The summed E-state index contributed by atoms with van der Waals surface area (Å²) in [6.07, 6.45) is 4.89. The summed E-state index contributed by atoms with van der Waals surface area (Å²) in [7, 11) is 0. The van der Waals surface area contributed by atoms with Crippen molar-refractivity contribution >= 4 is 22.0 Å². The average molecular weight is 372 g/mol. The topological polar surface area (TPSA) is 64.5 Å². The SMILES string of the molecule is CC(C)(C)OC(=O)N1CCC(COc2cnc(Br)nc2)CC1. The molecule has 1 amide bonds. The van der Waals surface area contributed by atoms with Crippen LogP contribution in [0.25, 0.3) is 0 Å². The summed E-state index contributed by atoms with van der Waals surface area (Å²) in [5.41, 5.74) is -0.446. The minimum Gasteiger partial charge on any atom is -0.490 e. The highest BCUT2D eigenvalue weighted by Gasteiger charge is 2.27. The highest BCUT2D eigenvalue weighted by atomic mass is 79.9. The molecule has 1 aromatic heterocycles. The summed E-state index contributed by atoms with van der Waals surface area (Å²) in [6, 6.07) is 0. The highest BCUT2D eigenvalue weighted by Crippen LogP contribution is 2.21. The van der Waals surface area contributed by atoms with Crippen LogP contribution < -0.4 is 4.74 Å². The number of piperidine rings is 1. The second-order valence-corrected chi connectivity index (χ2v) is 7.12. The predicted molar refractivity (Wildman–Crippen MR) is 85.8 cm³/mol. The van der Waals surface area contributed by atoms with E-state index >= 15 is 0 Å². The molecule has 0 saturated carbocycles. The van der Waals surface area contributed by atoms with Crippen molar-refractivity contribution < 1.29 is 14.3 Å². The Labute approximate surface area is 139 Å². The molecule has 0 spiro atoms. The van der Waals surface area contributed by atoms with Gasteiger partial charge in [-0.25, -0.2) is 14.8 Å². The van der Waals surface area contributed by atoms with Crippen molar-refractivity contribution in [1.82, 2.24) is 14.9 Å². The van der Waals surface area contributed by atoms with Crippen LogP contribution in [-0.2, 0) is 4.74 Å². The highest BCUT2D eigenvalue weighted by molar-refractivity contribution is 9.10. The van der Waals surface area contributed by atoms with Crippen LogP contribution in [0.1, 0.15) is 33.6 Å². The zero-order chi connectivity index (χ0) is 16.2. The number of amides is 1. The van der Waals surface area contributed by atoms with E-state index in [1.165, 1.54) is 0 Å². The first-order chi connectivity index (χ1) is 10.3. The summed E-state index contributed by atoms with van der Waals surface area (Å²) in [4.78, 5) is 21.8. The number of likely N-dealkylation sites (tertiary alicyclic amines) is 1. The third-order valence-electron chi connectivity index (χ3n) is 3.35. The Balaban J connectivity index is 1.73. The van der Waals surface area contributed by atoms with Gasteiger partial charge in [0.05, 0.1) is 19.0 Å². The van der Waals surface area contributed by atoms with Crippen molar-refractivity contribution in [2.75, 3.05) is 19.7 Å². The van der Waals surface area contributed by atoms with Gasteiger partial charge in [-0.15, -0.1) is 0 Å². The fraction of sp³-hybridized carbons (Fsp3) is 0.667. The second kappa shape index (κ2) is 7.26. The van der Waals surface area contributed by atoms with Crippen molar-refractivity contribution in [1.29, 1.82) is 0 Å². The van der Waals surface area contributed by atoms with Crippen molar-refractivity contribution in [3.63, 3.8) is 0 Å². The standard InChI is InChI=1S/C15H22BrN3O3/c1-15(2,3)22-14(20)19-6-4-11(5-7-19)10-21-12-8-17-13(16)18-9-12/h8-9,11H,4-7,10H2,1-3H3. The lowest BCUT2D eigenvalue weighted by molar-refractivity contribution is 0.0165. The number of carbonyl (C=O) groups excluding carboxylic acids is 1. The van der Waals surface area contributed by atoms with Crippen LogP contribution >= 0.6 is 15.9 Å². The summed E-state index contributed by atoms with van der Waals surface area (Å²) < 4.78 is 11.6. The molecule has 1 aromatic rings. The Hall–Kier alpha value is -1.37. The van der Waals surface area contributed by atoms with Crippen LogP contribution in [0.2, 0.25) is 0 Å². The average Bonchev–Trinajstić information content (AvgIpc) is 2.45. The summed E-state index contributed by atoms with van der Waals surface area (Å²) in [6.45, 7) is 7.68. The second-order valence-electron chi connectivity index (χ2n) is 6.41. The van der Waals surface area contributed by atoms with E-state index in [2.05, 4.69) is 25.9 Å². The maximum absolute atomic E-state index is 12.0. The third kappa shape index (κ3) is 5.44. The van der Waals surface area contributed by atoms with Gasteiger partial charge in [-0.2, -0.15) is 0 Å². The Morgan fingerprint density at radius 2 is 1.91 bits per heavy atom.